The predicted molar refractivity (Wildman–Crippen MR) is 94.1 cm³/mol. The number of hydrogen-bond donors (Lipinski definition) is 1. The first kappa shape index (κ1) is 16.3. The van der Waals surface area contributed by atoms with Crippen molar-refractivity contribution < 1.29 is 4.79 Å². The van der Waals surface area contributed by atoms with E-state index in [0.29, 0.717) is 0 Å². The molecular formula is C20H28N2O. The van der Waals surface area contributed by atoms with Crippen molar-refractivity contribution in [3.8, 4) is 0 Å². The van der Waals surface area contributed by atoms with Gasteiger partial charge in [-0.2, -0.15) is 0 Å². The number of allylic oxidation sites excluding steroid dienone is 2. The molecule has 23 heavy (non-hydrogen) atoms. The van der Waals surface area contributed by atoms with Gasteiger partial charge >= 0.3 is 0 Å². The molecule has 1 aromatic carbocycles. The number of amides is 1. The van der Waals surface area contributed by atoms with Crippen LogP contribution in [0.5, 0.6) is 0 Å². The summed E-state index contributed by atoms with van der Waals surface area (Å²) >= 11 is 0. The van der Waals surface area contributed by atoms with Crippen molar-refractivity contribution in [2.24, 2.45) is 11.8 Å². The van der Waals surface area contributed by atoms with Crippen LogP contribution in [0.1, 0.15) is 43.9 Å². The fourth-order valence-electron chi connectivity index (χ4n) is 4.02. The summed E-state index contributed by atoms with van der Waals surface area (Å²) in [5.41, 5.74) is 2.43. The van der Waals surface area contributed by atoms with Crippen molar-refractivity contribution in [3.05, 3.63) is 47.5 Å². The van der Waals surface area contributed by atoms with Gasteiger partial charge in [0.05, 0.1) is 12.1 Å². The Morgan fingerprint density at radius 2 is 1.74 bits per heavy atom. The lowest BCUT2D eigenvalue weighted by Gasteiger charge is -2.26. The minimum absolute atomic E-state index is 0.0490. The fraction of sp³-hybridized carbons (Fsp3) is 0.550. The Balaban J connectivity index is 1.59. The number of rotatable bonds is 4. The molecule has 0 spiro atoms. The molecule has 4 atom stereocenters. The van der Waals surface area contributed by atoms with Crippen molar-refractivity contribution in [1.29, 1.82) is 0 Å². The molecule has 1 fully saturated rings. The van der Waals surface area contributed by atoms with Crippen LogP contribution in [0.3, 0.4) is 0 Å². The van der Waals surface area contributed by atoms with E-state index < -0.39 is 0 Å². The largest absolute Gasteiger partial charge is 0.348 e. The van der Waals surface area contributed by atoms with Crippen LogP contribution in [-0.2, 0) is 4.79 Å². The quantitative estimate of drug-likeness (QED) is 0.864. The van der Waals surface area contributed by atoms with E-state index in [-0.39, 0.29) is 18.0 Å². The molecule has 2 aliphatic rings. The van der Waals surface area contributed by atoms with Crippen molar-refractivity contribution in [2.45, 2.75) is 45.7 Å². The average molecular weight is 312 g/mol. The Hall–Kier alpha value is -1.61. The zero-order chi connectivity index (χ0) is 16.4. The Bertz CT molecular complexity index is 579. The molecular weight excluding hydrogens is 284 g/mol. The van der Waals surface area contributed by atoms with Crippen LogP contribution in [0, 0.1) is 18.8 Å². The number of aryl methyl sites for hydroxylation is 1. The topological polar surface area (TPSA) is 32.3 Å². The van der Waals surface area contributed by atoms with E-state index in [1.165, 1.54) is 24.0 Å². The lowest BCUT2D eigenvalue weighted by molar-refractivity contribution is -0.126. The molecule has 3 nitrogen and oxygen atoms in total. The minimum Gasteiger partial charge on any atom is -0.348 e. The van der Waals surface area contributed by atoms with Gasteiger partial charge in [0.1, 0.15) is 0 Å². The van der Waals surface area contributed by atoms with Gasteiger partial charge in [0, 0.05) is 13.1 Å². The van der Waals surface area contributed by atoms with Gasteiger partial charge in [-0.1, -0.05) is 36.4 Å². The summed E-state index contributed by atoms with van der Waals surface area (Å²) in [6.45, 7) is 8.33. The Morgan fingerprint density at radius 3 is 2.35 bits per heavy atom. The van der Waals surface area contributed by atoms with Gasteiger partial charge in [-0.05, 0) is 56.6 Å². The van der Waals surface area contributed by atoms with Crippen molar-refractivity contribution in [2.75, 3.05) is 13.1 Å². The summed E-state index contributed by atoms with van der Waals surface area (Å²) in [4.78, 5) is 15.0. The first-order valence-electron chi connectivity index (χ1n) is 8.81. The highest BCUT2D eigenvalue weighted by Gasteiger charge is 2.36. The number of hydrogen-bond acceptors (Lipinski definition) is 2. The highest BCUT2D eigenvalue weighted by molar-refractivity contribution is 5.81. The molecule has 1 heterocycles. The first-order valence-corrected chi connectivity index (χ1v) is 8.81. The molecule has 0 unspecified atom stereocenters. The molecule has 0 radical (unpaired) electrons. The summed E-state index contributed by atoms with van der Waals surface area (Å²) in [6.07, 6.45) is 6.95. The summed E-state index contributed by atoms with van der Waals surface area (Å²) in [7, 11) is 0. The van der Waals surface area contributed by atoms with E-state index in [4.69, 9.17) is 0 Å². The smallest absolute Gasteiger partial charge is 0.237 e. The third kappa shape index (κ3) is 3.50. The monoisotopic (exact) mass is 312 g/mol. The number of carbonyl (C=O) groups is 1. The summed E-state index contributed by atoms with van der Waals surface area (Å²) < 4.78 is 0. The van der Waals surface area contributed by atoms with Crippen LogP contribution < -0.4 is 5.32 Å². The molecule has 1 amide bonds. The van der Waals surface area contributed by atoms with Gasteiger partial charge < -0.3 is 5.32 Å². The second-order valence-electron chi connectivity index (χ2n) is 7.18. The third-order valence-corrected chi connectivity index (χ3v) is 5.59. The van der Waals surface area contributed by atoms with E-state index in [9.17, 15) is 4.79 Å². The van der Waals surface area contributed by atoms with Crippen LogP contribution in [0.25, 0.3) is 0 Å². The maximum atomic E-state index is 12.7. The van der Waals surface area contributed by atoms with Crippen LogP contribution in [0.2, 0.25) is 0 Å². The van der Waals surface area contributed by atoms with E-state index in [0.717, 1.165) is 24.9 Å². The second kappa shape index (κ2) is 6.88. The molecule has 1 aliphatic carbocycles. The normalized spacial score (nSPS) is 26.6. The van der Waals surface area contributed by atoms with Gasteiger partial charge in [-0.3, -0.25) is 9.69 Å². The maximum Gasteiger partial charge on any atom is 0.237 e. The number of nitrogens with zero attached hydrogens (tertiary/aromatic N) is 1. The van der Waals surface area contributed by atoms with Crippen molar-refractivity contribution in [3.63, 3.8) is 0 Å². The summed E-state index contributed by atoms with van der Waals surface area (Å²) in [5, 5.41) is 3.20. The Morgan fingerprint density at radius 1 is 1.13 bits per heavy atom. The van der Waals surface area contributed by atoms with E-state index in [1.807, 2.05) is 19.1 Å². The van der Waals surface area contributed by atoms with Crippen molar-refractivity contribution in [1.82, 2.24) is 10.2 Å². The number of fused-ring (bicyclic) bond motifs is 1. The Kier molecular flexibility index (Phi) is 4.86. The van der Waals surface area contributed by atoms with Crippen LogP contribution >= 0.6 is 0 Å². The molecule has 1 aliphatic heterocycles. The van der Waals surface area contributed by atoms with Gasteiger partial charge in [0.2, 0.25) is 5.91 Å². The molecule has 0 aromatic heterocycles. The lowest BCUT2D eigenvalue weighted by atomic mass is 9.86. The zero-order valence-corrected chi connectivity index (χ0v) is 14.5. The fourth-order valence-corrected chi connectivity index (χ4v) is 4.02. The molecule has 1 N–H and O–H groups in total. The number of carbonyl (C=O) groups excluding carboxylic acids is 1. The third-order valence-electron chi connectivity index (χ3n) is 5.59. The molecule has 0 saturated carbocycles. The molecule has 124 valence electrons. The molecule has 3 rings (SSSR count). The van der Waals surface area contributed by atoms with Crippen molar-refractivity contribution >= 4 is 5.91 Å². The molecule has 0 bridgehead atoms. The first-order chi connectivity index (χ1) is 11.1. The Labute approximate surface area is 139 Å². The van der Waals surface area contributed by atoms with Gasteiger partial charge in [-0.25, -0.2) is 0 Å². The minimum atomic E-state index is -0.0490. The highest BCUT2D eigenvalue weighted by atomic mass is 16.2. The predicted octanol–water partition coefficient (Wildman–Crippen LogP) is 3.46. The summed E-state index contributed by atoms with van der Waals surface area (Å²) in [5.74, 6) is 1.63. The van der Waals surface area contributed by atoms with E-state index >= 15 is 0 Å². The zero-order valence-electron chi connectivity index (χ0n) is 14.5. The van der Waals surface area contributed by atoms with Gasteiger partial charge in [0.15, 0.2) is 0 Å². The molecule has 1 saturated heterocycles. The maximum absolute atomic E-state index is 12.7. The molecule has 1 aromatic rings. The number of benzene rings is 1. The number of nitrogens with one attached hydrogen (secondary N) is 1. The standard InChI is InChI=1S/C20H28N2O/c1-14-8-4-7-11-19(14)15(2)21-20(23)16(3)22-12-17-9-5-6-10-18(17)13-22/h4-8,11,15-18H,9-10,12-13H2,1-3H3,(H,21,23)/t15-,16+,17-,18+/m0/s1. The second-order valence-corrected chi connectivity index (χ2v) is 7.18. The lowest BCUT2D eigenvalue weighted by Crippen LogP contribution is -2.45. The van der Waals surface area contributed by atoms with Gasteiger partial charge in [0.25, 0.3) is 0 Å². The average Bonchev–Trinajstić information content (AvgIpc) is 2.98. The SMILES string of the molecule is Cc1ccccc1[C@H](C)NC(=O)[C@@H](C)N1C[C@H]2CC=CC[C@H]2C1. The van der Waals surface area contributed by atoms with E-state index in [1.54, 1.807) is 0 Å². The van der Waals surface area contributed by atoms with Crippen LogP contribution in [-0.4, -0.2) is 29.9 Å². The highest BCUT2D eigenvalue weighted by Crippen LogP contribution is 2.33. The van der Waals surface area contributed by atoms with E-state index in [2.05, 4.69) is 48.3 Å². The summed E-state index contributed by atoms with van der Waals surface area (Å²) in [6, 6.07) is 8.27. The van der Waals surface area contributed by atoms with Gasteiger partial charge in [-0.15, -0.1) is 0 Å². The number of likely N-dealkylation sites (tertiary alicyclic amines) is 1. The molecule has 3 heteroatoms. The van der Waals surface area contributed by atoms with Crippen LogP contribution in [0.4, 0.5) is 0 Å². The van der Waals surface area contributed by atoms with Crippen LogP contribution in [0.15, 0.2) is 36.4 Å².